The second kappa shape index (κ2) is 4.09. The molecule has 0 aliphatic carbocycles. The van der Waals surface area contributed by atoms with Crippen LogP contribution in [0, 0.1) is 11.6 Å². The quantitative estimate of drug-likeness (QED) is 0.723. The molecule has 0 amide bonds. The molecule has 1 aromatic rings. The third kappa shape index (κ3) is 2.09. The molecule has 0 saturated heterocycles. The highest BCUT2D eigenvalue weighted by molar-refractivity contribution is 5.75. The van der Waals surface area contributed by atoms with Crippen molar-refractivity contribution in [1.29, 1.82) is 0 Å². The van der Waals surface area contributed by atoms with Crippen molar-refractivity contribution in [2.75, 3.05) is 7.05 Å². The third-order valence-corrected chi connectivity index (χ3v) is 1.64. The average Bonchev–Trinajstić information content (AvgIpc) is 2.04. The molecule has 0 unspecified atom stereocenters. The highest BCUT2D eigenvalue weighted by Gasteiger charge is 2.09. The van der Waals surface area contributed by atoms with Crippen LogP contribution in [0.15, 0.2) is 12.1 Å². The van der Waals surface area contributed by atoms with Gasteiger partial charge in [-0.05, 0) is 24.7 Å². The van der Waals surface area contributed by atoms with E-state index in [1.807, 2.05) is 0 Å². The van der Waals surface area contributed by atoms with Crippen LogP contribution < -0.4 is 5.32 Å². The lowest BCUT2D eigenvalue weighted by atomic mass is 10.1. The Labute approximate surface area is 74.6 Å². The Morgan fingerprint density at radius 2 is 1.92 bits per heavy atom. The van der Waals surface area contributed by atoms with Gasteiger partial charge in [-0.1, -0.05) is 0 Å². The van der Waals surface area contributed by atoms with E-state index in [1.54, 1.807) is 7.05 Å². The molecule has 0 bridgehead atoms. The van der Waals surface area contributed by atoms with Gasteiger partial charge in [0.1, 0.15) is 11.6 Å². The van der Waals surface area contributed by atoms with Crippen LogP contribution in [0.2, 0.25) is 0 Å². The summed E-state index contributed by atoms with van der Waals surface area (Å²) in [6.07, 6.45) is 0.174. The van der Waals surface area contributed by atoms with Crippen LogP contribution in [0.25, 0.3) is 0 Å². The van der Waals surface area contributed by atoms with Crippen molar-refractivity contribution in [3.63, 3.8) is 0 Å². The van der Waals surface area contributed by atoms with Gasteiger partial charge in [-0.3, -0.25) is 4.79 Å². The van der Waals surface area contributed by atoms with Crippen LogP contribution in [-0.2, 0) is 6.54 Å². The number of benzene rings is 1. The summed E-state index contributed by atoms with van der Waals surface area (Å²) < 4.78 is 25.9. The number of nitrogens with one attached hydrogen (secondary N) is 1. The molecule has 0 aromatic heterocycles. The summed E-state index contributed by atoms with van der Waals surface area (Å²) in [5.74, 6) is -1.64. The predicted octanol–water partition coefficient (Wildman–Crippen LogP) is 1.50. The van der Waals surface area contributed by atoms with Crippen LogP contribution in [0.3, 0.4) is 0 Å². The topological polar surface area (TPSA) is 29.1 Å². The normalized spacial score (nSPS) is 10.1. The number of rotatable bonds is 3. The lowest BCUT2D eigenvalue weighted by Gasteiger charge is -2.02. The zero-order valence-corrected chi connectivity index (χ0v) is 7.10. The molecule has 0 fully saturated rings. The molecule has 13 heavy (non-hydrogen) atoms. The number of hydrogen-bond acceptors (Lipinski definition) is 2. The minimum atomic E-state index is -0.819. The van der Waals surface area contributed by atoms with Gasteiger partial charge in [0.25, 0.3) is 0 Å². The molecule has 2 nitrogen and oxygen atoms in total. The summed E-state index contributed by atoms with van der Waals surface area (Å²) in [4.78, 5) is 10.2. The summed E-state index contributed by atoms with van der Waals surface area (Å²) >= 11 is 0. The zero-order valence-electron chi connectivity index (χ0n) is 7.10. The van der Waals surface area contributed by atoms with Crippen LogP contribution >= 0.6 is 0 Å². The Hall–Kier alpha value is -1.29. The fraction of sp³-hybridized carbons (Fsp3) is 0.222. The van der Waals surface area contributed by atoms with Crippen LogP contribution in [0.5, 0.6) is 0 Å². The minimum Gasteiger partial charge on any atom is -0.316 e. The summed E-state index contributed by atoms with van der Waals surface area (Å²) in [5.41, 5.74) is -0.0389. The van der Waals surface area contributed by atoms with Crippen molar-refractivity contribution in [2.45, 2.75) is 6.54 Å². The first-order valence-corrected chi connectivity index (χ1v) is 3.76. The van der Waals surface area contributed by atoms with Gasteiger partial charge in [0.05, 0.1) is 5.56 Å². The van der Waals surface area contributed by atoms with Crippen LogP contribution in [0.4, 0.5) is 8.78 Å². The summed E-state index contributed by atoms with van der Waals surface area (Å²) in [7, 11) is 1.67. The molecule has 0 heterocycles. The average molecular weight is 185 g/mol. The second-order valence-corrected chi connectivity index (χ2v) is 2.62. The molecule has 0 aliphatic heterocycles. The maximum absolute atomic E-state index is 12.9. The standard InChI is InChI=1S/C9H9F2NO/c1-12-4-6-2-8(10)7(5-13)9(11)3-6/h2-3,5,12H,4H2,1H3. The molecule has 1 N–H and O–H groups in total. The zero-order chi connectivity index (χ0) is 9.84. The van der Waals surface area contributed by atoms with Gasteiger partial charge in [-0.25, -0.2) is 8.78 Å². The minimum absolute atomic E-state index is 0.174. The van der Waals surface area contributed by atoms with E-state index < -0.39 is 17.2 Å². The van der Waals surface area contributed by atoms with E-state index in [9.17, 15) is 13.6 Å². The summed E-state index contributed by atoms with van der Waals surface area (Å²) in [6.45, 7) is 0.368. The Kier molecular flexibility index (Phi) is 3.08. The summed E-state index contributed by atoms with van der Waals surface area (Å²) in [5, 5.41) is 2.75. The van der Waals surface area contributed by atoms with E-state index in [0.717, 1.165) is 12.1 Å². The van der Waals surface area contributed by atoms with E-state index >= 15 is 0 Å². The number of carbonyl (C=O) groups is 1. The van der Waals surface area contributed by atoms with Gasteiger partial charge in [-0.15, -0.1) is 0 Å². The van der Waals surface area contributed by atoms with E-state index in [4.69, 9.17) is 0 Å². The van der Waals surface area contributed by atoms with Crippen LogP contribution in [-0.4, -0.2) is 13.3 Å². The van der Waals surface area contributed by atoms with Gasteiger partial charge in [-0.2, -0.15) is 0 Å². The monoisotopic (exact) mass is 185 g/mol. The number of hydrogen-bond donors (Lipinski definition) is 1. The lowest BCUT2D eigenvalue weighted by Crippen LogP contribution is -2.07. The first-order chi connectivity index (χ1) is 6.19. The van der Waals surface area contributed by atoms with Gasteiger partial charge in [0, 0.05) is 6.54 Å². The van der Waals surface area contributed by atoms with E-state index in [0.29, 0.717) is 12.1 Å². The van der Waals surface area contributed by atoms with E-state index in [2.05, 4.69) is 5.32 Å². The van der Waals surface area contributed by atoms with Crippen molar-refractivity contribution >= 4 is 6.29 Å². The molecule has 0 spiro atoms. The van der Waals surface area contributed by atoms with Gasteiger partial charge >= 0.3 is 0 Å². The van der Waals surface area contributed by atoms with Crippen molar-refractivity contribution < 1.29 is 13.6 Å². The Morgan fingerprint density at radius 1 is 1.38 bits per heavy atom. The maximum atomic E-state index is 12.9. The fourth-order valence-electron chi connectivity index (χ4n) is 1.06. The summed E-state index contributed by atoms with van der Waals surface area (Å²) in [6, 6.07) is 2.28. The van der Waals surface area contributed by atoms with Gasteiger partial charge < -0.3 is 5.32 Å². The number of aldehydes is 1. The number of halogens is 2. The first-order valence-electron chi connectivity index (χ1n) is 3.76. The molecule has 1 aromatic carbocycles. The van der Waals surface area contributed by atoms with Crippen molar-refractivity contribution in [3.8, 4) is 0 Å². The number of carbonyl (C=O) groups excluding carboxylic acids is 1. The van der Waals surface area contributed by atoms with Crippen molar-refractivity contribution in [3.05, 3.63) is 34.9 Å². The Morgan fingerprint density at radius 3 is 2.31 bits per heavy atom. The molecule has 0 radical (unpaired) electrons. The SMILES string of the molecule is CNCc1cc(F)c(C=O)c(F)c1. The van der Waals surface area contributed by atoms with E-state index in [-0.39, 0.29) is 6.29 Å². The van der Waals surface area contributed by atoms with Crippen LogP contribution in [0.1, 0.15) is 15.9 Å². The molecule has 4 heteroatoms. The smallest absolute Gasteiger partial charge is 0.155 e. The Balaban J connectivity index is 3.12. The van der Waals surface area contributed by atoms with Gasteiger partial charge in [0.15, 0.2) is 6.29 Å². The third-order valence-electron chi connectivity index (χ3n) is 1.64. The van der Waals surface area contributed by atoms with E-state index in [1.165, 1.54) is 0 Å². The molecular formula is C9H9F2NO. The van der Waals surface area contributed by atoms with Crippen molar-refractivity contribution in [2.24, 2.45) is 0 Å². The maximum Gasteiger partial charge on any atom is 0.155 e. The second-order valence-electron chi connectivity index (χ2n) is 2.62. The molecule has 70 valence electrons. The lowest BCUT2D eigenvalue weighted by molar-refractivity contribution is 0.111. The molecule has 1 rings (SSSR count). The highest BCUT2D eigenvalue weighted by Crippen LogP contribution is 2.13. The molecule has 0 atom stereocenters. The molecular weight excluding hydrogens is 176 g/mol. The highest BCUT2D eigenvalue weighted by atomic mass is 19.1. The van der Waals surface area contributed by atoms with Crippen molar-refractivity contribution in [1.82, 2.24) is 5.32 Å². The molecule has 0 aliphatic rings. The molecule has 0 saturated carbocycles. The van der Waals surface area contributed by atoms with Gasteiger partial charge in [0.2, 0.25) is 0 Å². The fourth-order valence-corrected chi connectivity index (χ4v) is 1.06. The first kappa shape index (κ1) is 9.80. The Bertz CT molecular complexity index is 302. The predicted molar refractivity (Wildman–Crippen MR) is 44.5 cm³/mol. The largest absolute Gasteiger partial charge is 0.316 e.